The molecule has 1 unspecified atom stereocenters. The van der Waals surface area contributed by atoms with Crippen LogP contribution in [0.1, 0.15) is 10.4 Å². The molecule has 1 saturated heterocycles. The highest BCUT2D eigenvalue weighted by Crippen LogP contribution is 2.44. The highest BCUT2D eigenvalue weighted by Gasteiger charge is 2.38. The fraction of sp³-hybridized carbons (Fsp3) is 0.231. The van der Waals surface area contributed by atoms with E-state index in [2.05, 4.69) is 35.1 Å². The molecule has 0 amide bonds. The van der Waals surface area contributed by atoms with Crippen LogP contribution in [0.15, 0.2) is 41.8 Å². The Hall–Kier alpha value is -0.520. The standard InChI is InChI=1S/C13H12ClNOS2/c14-11-5-3-10(4-6-11)13(12-2-1-8-17-12)15-16-7-9-18-13/h1-6,8,15H,7,9H2. The lowest BCUT2D eigenvalue weighted by atomic mass is 10.1. The zero-order chi connectivity index (χ0) is 12.4. The Morgan fingerprint density at radius 2 is 2.06 bits per heavy atom. The molecular weight excluding hydrogens is 286 g/mol. The second kappa shape index (κ2) is 5.23. The fourth-order valence-corrected chi connectivity index (χ4v) is 4.33. The number of rotatable bonds is 2. The van der Waals surface area contributed by atoms with Crippen LogP contribution in [0.4, 0.5) is 0 Å². The Morgan fingerprint density at radius 3 is 2.67 bits per heavy atom. The number of halogens is 1. The van der Waals surface area contributed by atoms with Crippen LogP contribution >= 0.6 is 34.7 Å². The molecule has 0 bridgehead atoms. The van der Waals surface area contributed by atoms with Crippen molar-refractivity contribution in [2.75, 3.05) is 12.4 Å². The SMILES string of the molecule is Clc1ccc(C2(c3cccs3)NOCCS2)cc1. The Bertz CT molecular complexity index is 506. The van der Waals surface area contributed by atoms with Gasteiger partial charge in [-0.3, -0.25) is 4.84 Å². The summed E-state index contributed by atoms with van der Waals surface area (Å²) in [6.45, 7) is 0.728. The molecule has 0 saturated carbocycles. The Kier molecular flexibility index (Phi) is 3.63. The zero-order valence-electron chi connectivity index (χ0n) is 9.56. The molecule has 2 aromatic rings. The fourth-order valence-electron chi connectivity index (χ4n) is 1.99. The van der Waals surface area contributed by atoms with Gasteiger partial charge in [-0.25, -0.2) is 0 Å². The molecule has 1 aliphatic heterocycles. The molecule has 1 aromatic carbocycles. The smallest absolute Gasteiger partial charge is 0.148 e. The summed E-state index contributed by atoms with van der Waals surface area (Å²) >= 11 is 9.55. The molecule has 5 heteroatoms. The number of hydroxylamine groups is 1. The third-order valence-corrected chi connectivity index (χ3v) is 5.55. The van der Waals surface area contributed by atoms with Gasteiger partial charge in [0.15, 0.2) is 0 Å². The van der Waals surface area contributed by atoms with Gasteiger partial charge in [0.25, 0.3) is 0 Å². The first-order valence-electron chi connectivity index (χ1n) is 5.64. The van der Waals surface area contributed by atoms with Crippen LogP contribution in [-0.4, -0.2) is 12.4 Å². The van der Waals surface area contributed by atoms with E-state index in [4.69, 9.17) is 16.4 Å². The molecule has 1 fully saturated rings. The molecule has 2 heterocycles. The van der Waals surface area contributed by atoms with Gasteiger partial charge in [-0.2, -0.15) is 5.48 Å². The number of thioether (sulfide) groups is 1. The van der Waals surface area contributed by atoms with Crippen LogP contribution in [0, 0.1) is 0 Å². The molecule has 0 aliphatic carbocycles. The van der Waals surface area contributed by atoms with Gasteiger partial charge in [-0.15, -0.1) is 23.1 Å². The summed E-state index contributed by atoms with van der Waals surface area (Å²) < 4.78 is 0. The van der Waals surface area contributed by atoms with Crippen LogP contribution in [-0.2, 0) is 9.71 Å². The van der Waals surface area contributed by atoms with Crippen molar-refractivity contribution in [1.29, 1.82) is 0 Å². The third-order valence-electron chi connectivity index (χ3n) is 2.84. The number of benzene rings is 1. The first-order valence-corrected chi connectivity index (χ1v) is 7.88. The monoisotopic (exact) mass is 297 g/mol. The number of thiophene rings is 1. The zero-order valence-corrected chi connectivity index (χ0v) is 11.9. The van der Waals surface area contributed by atoms with E-state index in [1.165, 1.54) is 10.4 Å². The van der Waals surface area contributed by atoms with Gasteiger partial charge >= 0.3 is 0 Å². The lowest BCUT2D eigenvalue weighted by Gasteiger charge is -2.36. The molecule has 0 radical (unpaired) electrons. The van der Waals surface area contributed by atoms with Crippen LogP contribution in [0.5, 0.6) is 0 Å². The summed E-state index contributed by atoms with van der Waals surface area (Å²) in [5.41, 5.74) is 4.37. The van der Waals surface area contributed by atoms with Gasteiger partial charge in [-0.1, -0.05) is 29.8 Å². The summed E-state index contributed by atoms with van der Waals surface area (Å²) in [6, 6.07) is 12.1. The van der Waals surface area contributed by atoms with Gasteiger partial charge in [0.2, 0.25) is 0 Å². The molecule has 3 rings (SSSR count). The van der Waals surface area contributed by atoms with Crippen molar-refractivity contribution in [1.82, 2.24) is 5.48 Å². The average Bonchev–Trinajstić information content (AvgIpc) is 2.95. The number of hydrogen-bond donors (Lipinski definition) is 1. The summed E-state index contributed by atoms with van der Waals surface area (Å²) in [7, 11) is 0. The predicted octanol–water partition coefficient (Wildman–Crippen LogP) is 3.87. The maximum Gasteiger partial charge on any atom is 0.148 e. The molecule has 18 heavy (non-hydrogen) atoms. The van der Waals surface area contributed by atoms with Crippen molar-refractivity contribution in [3.63, 3.8) is 0 Å². The number of hydrogen-bond acceptors (Lipinski definition) is 4. The van der Waals surface area contributed by atoms with Crippen LogP contribution < -0.4 is 5.48 Å². The molecule has 0 spiro atoms. The lowest BCUT2D eigenvalue weighted by molar-refractivity contribution is 0.0176. The lowest BCUT2D eigenvalue weighted by Crippen LogP contribution is -2.44. The van der Waals surface area contributed by atoms with Crippen molar-refractivity contribution in [3.05, 3.63) is 57.2 Å². The van der Waals surface area contributed by atoms with Crippen molar-refractivity contribution < 1.29 is 4.84 Å². The van der Waals surface area contributed by atoms with Crippen molar-refractivity contribution in [2.45, 2.75) is 4.87 Å². The summed E-state index contributed by atoms with van der Waals surface area (Å²) in [4.78, 5) is 6.43. The van der Waals surface area contributed by atoms with E-state index >= 15 is 0 Å². The van der Waals surface area contributed by atoms with Gasteiger partial charge in [-0.05, 0) is 29.1 Å². The van der Waals surface area contributed by atoms with E-state index in [9.17, 15) is 0 Å². The van der Waals surface area contributed by atoms with E-state index in [-0.39, 0.29) is 4.87 Å². The van der Waals surface area contributed by atoms with Gasteiger partial charge in [0.05, 0.1) is 6.61 Å². The maximum atomic E-state index is 5.97. The highest BCUT2D eigenvalue weighted by molar-refractivity contribution is 8.00. The second-order valence-corrected chi connectivity index (χ2v) is 6.66. The van der Waals surface area contributed by atoms with E-state index in [0.717, 1.165) is 17.4 Å². The van der Waals surface area contributed by atoms with Crippen LogP contribution in [0.25, 0.3) is 0 Å². The summed E-state index contributed by atoms with van der Waals surface area (Å²) in [6.07, 6.45) is 0. The minimum Gasteiger partial charge on any atom is -0.299 e. The van der Waals surface area contributed by atoms with E-state index in [0.29, 0.717) is 0 Å². The average molecular weight is 298 g/mol. The Balaban J connectivity index is 2.07. The molecule has 2 nitrogen and oxygen atoms in total. The van der Waals surface area contributed by atoms with Crippen LogP contribution in [0.3, 0.4) is 0 Å². The normalized spacial score (nSPS) is 24.1. The van der Waals surface area contributed by atoms with E-state index in [1.807, 2.05) is 23.9 Å². The van der Waals surface area contributed by atoms with E-state index < -0.39 is 0 Å². The first kappa shape index (κ1) is 12.5. The first-order chi connectivity index (χ1) is 8.81. The molecule has 94 valence electrons. The quantitative estimate of drug-likeness (QED) is 0.909. The van der Waals surface area contributed by atoms with Gasteiger partial charge in [0.1, 0.15) is 4.87 Å². The van der Waals surface area contributed by atoms with Gasteiger partial charge in [0, 0.05) is 15.7 Å². The summed E-state index contributed by atoms with van der Waals surface area (Å²) in [5.74, 6) is 0.966. The van der Waals surface area contributed by atoms with Gasteiger partial charge < -0.3 is 0 Å². The van der Waals surface area contributed by atoms with Crippen molar-refractivity contribution in [3.8, 4) is 0 Å². The van der Waals surface area contributed by atoms with E-state index in [1.54, 1.807) is 11.3 Å². The summed E-state index contributed by atoms with van der Waals surface area (Å²) in [5, 5.41) is 2.84. The topological polar surface area (TPSA) is 21.3 Å². The number of nitrogens with one attached hydrogen (secondary N) is 1. The Labute approximate surface area is 119 Å². The molecule has 1 atom stereocenters. The van der Waals surface area contributed by atoms with Crippen LogP contribution in [0.2, 0.25) is 5.02 Å². The second-order valence-electron chi connectivity index (χ2n) is 3.96. The minimum atomic E-state index is -0.309. The molecule has 1 aliphatic rings. The largest absolute Gasteiger partial charge is 0.299 e. The molecule has 1 N–H and O–H groups in total. The van der Waals surface area contributed by atoms with Crippen molar-refractivity contribution in [2.24, 2.45) is 0 Å². The predicted molar refractivity (Wildman–Crippen MR) is 78.1 cm³/mol. The highest BCUT2D eigenvalue weighted by atomic mass is 35.5. The van der Waals surface area contributed by atoms with Crippen molar-refractivity contribution >= 4 is 34.7 Å². The third kappa shape index (κ3) is 2.19. The minimum absolute atomic E-state index is 0.309. The Morgan fingerprint density at radius 1 is 1.22 bits per heavy atom. The molecular formula is C13H12ClNOS2. The molecule has 1 aromatic heterocycles. The maximum absolute atomic E-state index is 5.97.